The van der Waals surface area contributed by atoms with Gasteiger partial charge in [-0.05, 0) is 50.2 Å². The van der Waals surface area contributed by atoms with Gasteiger partial charge in [0, 0.05) is 32.9 Å². The number of carbonyl (C=O) groups excluding carboxylic acids is 7. The lowest BCUT2D eigenvalue weighted by Gasteiger charge is -2.67. The molecule has 1 unspecified atom stereocenters. The summed E-state index contributed by atoms with van der Waals surface area (Å²) in [4.78, 5) is 102. The molecule has 1 spiro atoms. The van der Waals surface area contributed by atoms with E-state index in [-0.39, 0.29) is 22.4 Å². The fourth-order valence-electron chi connectivity index (χ4n) is 10.1. The topological polar surface area (TPSA) is 247 Å². The number of aliphatic hydroxyl groups excluding tert-OH is 1. The molecule has 7 rings (SSSR count). The third kappa shape index (κ3) is 7.36. The lowest BCUT2D eigenvalue weighted by Crippen LogP contribution is -2.89. The highest BCUT2D eigenvalue weighted by atomic mass is 16.7. The van der Waals surface area contributed by atoms with Crippen molar-refractivity contribution in [1.82, 2.24) is 4.98 Å². The predicted octanol–water partition coefficient (Wildman–Crippen LogP) is 3.05. The number of carbonyl (C=O) groups is 7. The van der Waals surface area contributed by atoms with Crippen LogP contribution in [-0.2, 0) is 57.1 Å². The Morgan fingerprint density at radius 1 is 0.750 bits per heavy atom. The van der Waals surface area contributed by atoms with Crippen LogP contribution in [0, 0.1) is 17.3 Å². The Morgan fingerprint density at radius 2 is 1.33 bits per heavy atom. The molecule has 4 aliphatic rings. The molecule has 3 fully saturated rings. The van der Waals surface area contributed by atoms with Crippen LogP contribution in [0.2, 0.25) is 0 Å². The van der Waals surface area contributed by atoms with Gasteiger partial charge in [0.2, 0.25) is 0 Å². The SMILES string of the molecule is CC(=O)OC[C@]12[C@H](OC(=O)c3ccccc3)[C@H](O)[C@@H]3OC(=O)[C@H](C)[C@H](C)c4ncccc4C(=O)OC[C@@]4(C)O[C@@]1([C@H](OC(=O)c1ccccc1)C4[C@@H](OC(C)=O)[C@H]2OC(C)=O)[C@@]3(C)O. The fraction of sp³-hybridized carbons (Fsp3) is 0.478. The van der Waals surface area contributed by atoms with E-state index in [1.165, 1.54) is 68.6 Å². The number of esters is 7. The molecule has 2 saturated carbocycles. The first-order valence-corrected chi connectivity index (χ1v) is 20.6. The molecule has 4 bridgehead atoms. The Balaban J connectivity index is 1.61. The van der Waals surface area contributed by atoms with Crippen LogP contribution in [0.4, 0.5) is 0 Å². The molecule has 340 valence electrons. The summed E-state index contributed by atoms with van der Waals surface area (Å²) in [6, 6.07) is 17.9. The molecule has 2 aliphatic heterocycles. The average molecular weight is 888 g/mol. The van der Waals surface area contributed by atoms with Gasteiger partial charge in [0.25, 0.3) is 0 Å². The maximum Gasteiger partial charge on any atom is 0.340 e. The van der Waals surface area contributed by atoms with E-state index in [1.54, 1.807) is 31.2 Å². The number of cyclic esters (lactones) is 1. The van der Waals surface area contributed by atoms with Crippen LogP contribution < -0.4 is 0 Å². The minimum Gasteiger partial charge on any atom is -0.465 e. The van der Waals surface area contributed by atoms with E-state index in [9.17, 15) is 43.8 Å². The van der Waals surface area contributed by atoms with E-state index in [0.717, 1.165) is 27.7 Å². The number of hydrogen-bond acceptors (Lipinski definition) is 18. The molecule has 0 radical (unpaired) electrons. The third-order valence-corrected chi connectivity index (χ3v) is 13.1. The number of hydrogen-bond donors (Lipinski definition) is 2. The van der Waals surface area contributed by atoms with Gasteiger partial charge in [0.05, 0.1) is 34.2 Å². The van der Waals surface area contributed by atoms with Crippen LogP contribution >= 0.6 is 0 Å². The Bertz CT molecular complexity index is 2340. The molecule has 1 aromatic heterocycles. The highest BCUT2D eigenvalue weighted by molar-refractivity contribution is 5.92. The second kappa shape index (κ2) is 17.0. The zero-order valence-electron chi connectivity index (χ0n) is 36.1. The van der Waals surface area contributed by atoms with Gasteiger partial charge < -0.3 is 48.1 Å². The Morgan fingerprint density at radius 3 is 1.89 bits per heavy atom. The van der Waals surface area contributed by atoms with Gasteiger partial charge in [0.15, 0.2) is 17.8 Å². The molecule has 13 atom stereocenters. The Hall–Kier alpha value is -6.24. The number of benzene rings is 2. The van der Waals surface area contributed by atoms with Crippen molar-refractivity contribution in [3.63, 3.8) is 0 Å². The molecule has 2 N–H and O–H groups in total. The van der Waals surface area contributed by atoms with E-state index < -0.39 is 132 Å². The van der Waals surface area contributed by atoms with E-state index in [2.05, 4.69) is 4.98 Å². The molecule has 3 heterocycles. The highest BCUT2D eigenvalue weighted by Crippen LogP contribution is 2.70. The molecule has 18 heteroatoms. The number of aliphatic hydroxyl groups is 2. The average Bonchev–Trinajstić information content (AvgIpc) is 3.49. The smallest absolute Gasteiger partial charge is 0.340 e. The van der Waals surface area contributed by atoms with E-state index in [1.807, 2.05) is 0 Å². The molecular formula is C46H49NO17. The van der Waals surface area contributed by atoms with Crippen LogP contribution in [0.15, 0.2) is 79.0 Å². The predicted molar refractivity (Wildman–Crippen MR) is 216 cm³/mol. The third-order valence-electron chi connectivity index (χ3n) is 13.1. The number of rotatable bonds is 8. The molecule has 64 heavy (non-hydrogen) atoms. The van der Waals surface area contributed by atoms with Gasteiger partial charge in [-0.3, -0.25) is 24.2 Å². The summed E-state index contributed by atoms with van der Waals surface area (Å²) in [7, 11) is 0. The molecule has 18 nitrogen and oxygen atoms in total. The minimum absolute atomic E-state index is 0.0218. The lowest BCUT2D eigenvalue weighted by atomic mass is 9.45. The van der Waals surface area contributed by atoms with Crippen molar-refractivity contribution in [3.05, 3.63) is 101 Å². The van der Waals surface area contributed by atoms with E-state index in [0.29, 0.717) is 0 Å². The van der Waals surface area contributed by atoms with Crippen molar-refractivity contribution in [1.29, 1.82) is 0 Å². The van der Waals surface area contributed by atoms with E-state index in [4.69, 9.17) is 37.9 Å². The standard InChI is InChI=1S/C46H49NO17/c1-23-24(2)39(52)62-36-33(51)37(63-41(54)29-17-12-9-13-18-29)45(22-57-25(3)48)38(60-27(5)50)34(59-26(4)49)31-35(61-40(53)28-15-10-8-11-16-28)46(45,44(36,7)56)64-43(31,6)21-58-42(55)30-19-14-20-47-32(23)30/h8-20,23-24,31,33-38,51,56H,21-22H2,1-7H3/t23-,24+,31?,33+,34+,35+,36-,37+,38+,43+,44-,45+,46-/m0/s1. The second-order valence-corrected chi connectivity index (χ2v) is 17.1. The van der Waals surface area contributed by atoms with Crippen LogP contribution in [0.25, 0.3) is 0 Å². The molecule has 0 amide bonds. The van der Waals surface area contributed by atoms with Crippen LogP contribution in [-0.4, -0.2) is 124 Å². The van der Waals surface area contributed by atoms with Gasteiger partial charge in [-0.25, -0.2) is 14.4 Å². The van der Waals surface area contributed by atoms with Crippen molar-refractivity contribution in [2.45, 2.75) is 108 Å². The zero-order valence-corrected chi connectivity index (χ0v) is 36.1. The zero-order chi connectivity index (χ0) is 46.5. The summed E-state index contributed by atoms with van der Waals surface area (Å²) in [5, 5.41) is 26.4. The van der Waals surface area contributed by atoms with Crippen molar-refractivity contribution in [3.8, 4) is 0 Å². The molecule has 3 aromatic rings. The number of fused-ring (bicyclic) bond motifs is 5. The van der Waals surface area contributed by atoms with Crippen molar-refractivity contribution in [2.75, 3.05) is 13.2 Å². The molecule has 1 saturated heterocycles. The highest BCUT2D eigenvalue weighted by Gasteiger charge is 2.91. The van der Waals surface area contributed by atoms with Gasteiger partial charge in [-0.2, -0.15) is 0 Å². The summed E-state index contributed by atoms with van der Waals surface area (Å²) in [5.74, 6) is -10.8. The quantitative estimate of drug-likeness (QED) is 0.244. The first kappa shape index (κ1) is 45.8. The van der Waals surface area contributed by atoms with Crippen molar-refractivity contribution in [2.24, 2.45) is 17.3 Å². The van der Waals surface area contributed by atoms with E-state index >= 15 is 0 Å². The normalized spacial score (nSPS) is 35.3. The second-order valence-electron chi connectivity index (χ2n) is 17.1. The Kier molecular flexibility index (Phi) is 12.2. The maximum absolute atomic E-state index is 14.5. The number of nitrogens with zero attached hydrogens (tertiary/aromatic N) is 1. The van der Waals surface area contributed by atoms with Crippen LogP contribution in [0.3, 0.4) is 0 Å². The summed E-state index contributed by atoms with van der Waals surface area (Å²) < 4.78 is 49.9. The van der Waals surface area contributed by atoms with Gasteiger partial charge in [0.1, 0.15) is 54.2 Å². The van der Waals surface area contributed by atoms with Gasteiger partial charge >= 0.3 is 41.8 Å². The van der Waals surface area contributed by atoms with Crippen molar-refractivity contribution >= 4 is 41.8 Å². The summed E-state index contributed by atoms with van der Waals surface area (Å²) in [6.07, 6.45) is -11.2. The number of pyridine rings is 1. The minimum atomic E-state index is -2.87. The van der Waals surface area contributed by atoms with Gasteiger partial charge in [-0.15, -0.1) is 0 Å². The number of ether oxygens (including phenoxy) is 8. The van der Waals surface area contributed by atoms with Crippen LogP contribution in [0.1, 0.15) is 91.2 Å². The van der Waals surface area contributed by atoms with Gasteiger partial charge in [-0.1, -0.05) is 50.2 Å². The molecule has 2 aromatic carbocycles. The largest absolute Gasteiger partial charge is 0.465 e. The van der Waals surface area contributed by atoms with Crippen molar-refractivity contribution < 1.29 is 81.7 Å². The lowest BCUT2D eigenvalue weighted by molar-refractivity contribution is -0.384. The van der Waals surface area contributed by atoms with Crippen LogP contribution in [0.5, 0.6) is 0 Å². The molecule has 2 aliphatic carbocycles. The molecular weight excluding hydrogens is 838 g/mol. The summed E-state index contributed by atoms with van der Waals surface area (Å²) >= 11 is 0. The Labute approximate surface area is 367 Å². The fourth-order valence-corrected chi connectivity index (χ4v) is 10.1. The maximum atomic E-state index is 14.5. The first-order chi connectivity index (χ1) is 30.2. The number of aromatic nitrogens is 1. The first-order valence-electron chi connectivity index (χ1n) is 20.6. The summed E-state index contributed by atoms with van der Waals surface area (Å²) in [6.45, 7) is 6.76. The monoisotopic (exact) mass is 887 g/mol. The summed E-state index contributed by atoms with van der Waals surface area (Å²) in [5.41, 5.74) is -10.5.